The van der Waals surface area contributed by atoms with Crippen molar-refractivity contribution in [1.29, 1.82) is 0 Å². The summed E-state index contributed by atoms with van der Waals surface area (Å²) in [6, 6.07) is 6.63. The number of carbonyl (C=O) groups excluding carboxylic acids is 3. The van der Waals surface area contributed by atoms with Crippen molar-refractivity contribution < 1.29 is 41.1 Å². The molecule has 2 aliphatic heterocycles. The minimum absolute atomic E-state index is 0.0398. The van der Waals surface area contributed by atoms with Gasteiger partial charge in [-0.25, -0.2) is 8.78 Å². The van der Waals surface area contributed by atoms with Crippen molar-refractivity contribution in [2.24, 2.45) is 5.92 Å². The first-order chi connectivity index (χ1) is 19.3. The Morgan fingerprint density at radius 1 is 1.10 bits per heavy atom. The molecule has 41 heavy (non-hydrogen) atoms. The van der Waals surface area contributed by atoms with E-state index in [0.29, 0.717) is 18.7 Å². The number of fused-ring (bicyclic) bond motifs is 1. The molecule has 7 nitrogen and oxygen atoms in total. The number of halogens is 6. The van der Waals surface area contributed by atoms with Crippen LogP contribution in [0.15, 0.2) is 48.5 Å². The van der Waals surface area contributed by atoms with Crippen molar-refractivity contribution in [3.63, 3.8) is 0 Å². The molecule has 13 heteroatoms. The van der Waals surface area contributed by atoms with Crippen LogP contribution in [0.1, 0.15) is 49.9 Å². The predicted octanol–water partition coefficient (Wildman–Crippen LogP) is 5.58. The number of ether oxygens (including phenoxy) is 1. The van der Waals surface area contributed by atoms with E-state index in [2.05, 4.69) is 10.6 Å². The Morgan fingerprint density at radius 3 is 2.54 bits per heavy atom. The number of hydrogen-bond donors (Lipinski definition) is 2. The third-order valence-electron chi connectivity index (χ3n) is 6.87. The minimum atomic E-state index is -4.91. The van der Waals surface area contributed by atoms with E-state index in [4.69, 9.17) is 16.3 Å². The van der Waals surface area contributed by atoms with Gasteiger partial charge >= 0.3 is 6.18 Å². The highest BCUT2D eigenvalue weighted by Crippen LogP contribution is 2.42. The van der Waals surface area contributed by atoms with Crippen LogP contribution in [0.25, 0.3) is 0 Å². The Balaban J connectivity index is 1.54. The molecule has 0 aromatic heterocycles. The summed E-state index contributed by atoms with van der Waals surface area (Å²) in [7, 11) is 1.66. The summed E-state index contributed by atoms with van der Waals surface area (Å²) in [5.74, 6) is -3.69. The second-order valence-electron chi connectivity index (χ2n) is 9.84. The maximum atomic E-state index is 14.1. The van der Waals surface area contributed by atoms with Crippen molar-refractivity contribution in [3.05, 3.63) is 93.0 Å². The highest BCUT2D eigenvalue weighted by Gasteiger charge is 2.36. The molecule has 0 bridgehead atoms. The molecule has 3 amide bonds. The van der Waals surface area contributed by atoms with E-state index < -0.39 is 46.8 Å². The van der Waals surface area contributed by atoms with E-state index in [1.54, 1.807) is 11.9 Å². The van der Waals surface area contributed by atoms with Gasteiger partial charge in [-0.15, -0.1) is 0 Å². The number of hydrogen-bond acceptors (Lipinski definition) is 4. The maximum Gasteiger partial charge on any atom is 0.416 e. The summed E-state index contributed by atoms with van der Waals surface area (Å²) in [5.41, 5.74) is -1.67. The number of rotatable bonds is 6. The first-order valence-electron chi connectivity index (χ1n) is 12.3. The van der Waals surface area contributed by atoms with Crippen molar-refractivity contribution in [1.82, 2.24) is 10.2 Å². The predicted molar refractivity (Wildman–Crippen MR) is 138 cm³/mol. The number of amides is 3. The maximum absolute atomic E-state index is 14.1. The van der Waals surface area contributed by atoms with Crippen LogP contribution < -0.4 is 15.4 Å². The third kappa shape index (κ3) is 5.83. The lowest BCUT2D eigenvalue weighted by molar-refractivity contribution is -0.137. The molecule has 5 rings (SSSR count). The van der Waals surface area contributed by atoms with Gasteiger partial charge in [-0.05, 0) is 42.5 Å². The van der Waals surface area contributed by atoms with E-state index in [-0.39, 0.29) is 64.1 Å². The van der Waals surface area contributed by atoms with Crippen LogP contribution in [0.3, 0.4) is 0 Å². The van der Waals surface area contributed by atoms with Gasteiger partial charge in [-0.3, -0.25) is 14.4 Å². The third-order valence-corrected chi connectivity index (χ3v) is 7.22. The number of nitrogens with one attached hydrogen (secondary N) is 2. The van der Waals surface area contributed by atoms with Crippen molar-refractivity contribution in [3.8, 4) is 5.75 Å². The number of nitrogens with zero attached hydrogens (tertiary/aromatic N) is 1. The summed E-state index contributed by atoms with van der Waals surface area (Å²) in [6.07, 6.45) is -4.65. The molecular weight excluding hydrogens is 573 g/mol. The number of benzene rings is 3. The van der Waals surface area contributed by atoms with Gasteiger partial charge in [0.25, 0.3) is 11.8 Å². The average Bonchev–Trinajstić information content (AvgIpc) is 3.41. The number of alkyl halides is 3. The molecule has 2 aliphatic rings. The van der Waals surface area contributed by atoms with Gasteiger partial charge in [-0.1, -0.05) is 11.6 Å². The Bertz CT molecular complexity index is 1580. The van der Waals surface area contributed by atoms with Crippen LogP contribution in [0, 0.1) is 17.6 Å². The molecule has 0 spiro atoms. The molecular formula is C28H21ClF5N3O4. The van der Waals surface area contributed by atoms with Gasteiger partial charge in [0.15, 0.2) is 0 Å². The fourth-order valence-electron chi connectivity index (χ4n) is 4.92. The van der Waals surface area contributed by atoms with Gasteiger partial charge < -0.3 is 20.3 Å². The first-order valence-corrected chi connectivity index (χ1v) is 12.7. The SMILES string of the molecule is CN1CC(COc2cc(NC(=O)c3cc(F)cc(C(F)(F)F)c3)c3c(c2)C(=O)NC3c2cc(F)ccc2Cl)CC1=O. The van der Waals surface area contributed by atoms with Crippen LogP contribution in [-0.2, 0) is 11.0 Å². The van der Waals surface area contributed by atoms with Gasteiger partial charge in [0.2, 0.25) is 5.91 Å². The largest absolute Gasteiger partial charge is 0.493 e. The van der Waals surface area contributed by atoms with Crippen LogP contribution in [0.4, 0.5) is 27.6 Å². The molecule has 214 valence electrons. The highest BCUT2D eigenvalue weighted by molar-refractivity contribution is 6.31. The summed E-state index contributed by atoms with van der Waals surface area (Å²) in [5, 5.41) is 5.24. The van der Waals surface area contributed by atoms with E-state index in [1.165, 1.54) is 18.2 Å². The number of anilines is 1. The zero-order valence-electron chi connectivity index (χ0n) is 21.2. The average molecular weight is 594 g/mol. The van der Waals surface area contributed by atoms with Crippen LogP contribution in [0.5, 0.6) is 5.75 Å². The normalized spacial score (nSPS) is 18.4. The van der Waals surface area contributed by atoms with Gasteiger partial charge in [0.1, 0.15) is 17.4 Å². The lowest BCUT2D eigenvalue weighted by atomic mass is 9.95. The number of carbonyl (C=O) groups is 3. The Kier molecular flexibility index (Phi) is 7.37. The molecule has 0 saturated carbocycles. The van der Waals surface area contributed by atoms with E-state index in [0.717, 1.165) is 12.1 Å². The van der Waals surface area contributed by atoms with Crippen molar-refractivity contribution >= 4 is 35.0 Å². The Labute approximate surface area is 235 Å². The fourth-order valence-corrected chi connectivity index (χ4v) is 5.15. The molecule has 2 N–H and O–H groups in total. The quantitative estimate of drug-likeness (QED) is 0.366. The van der Waals surface area contributed by atoms with Gasteiger partial charge in [0.05, 0.1) is 29.5 Å². The molecule has 1 fully saturated rings. The second-order valence-corrected chi connectivity index (χ2v) is 10.2. The molecule has 1 saturated heterocycles. The Hall–Kier alpha value is -4.19. The highest BCUT2D eigenvalue weighted by atomic mass is 35.5. The summed E-state index contributed by atoms with van der Waals surface area (Å²) >= 11 is 6.29. The lowest BCUT2D eigenvalue weighted by Gasteiger charge is -2.19. The minimum Gasteiger partial charge on any atom is -0.493 e. The van der Waals surface area contributed by atoms with E-state index in [1.807, 2.05) is 0 Å². The second kappa shape index (κ2) is 10.7. The topological polar surface area (TPSA) is 87.7 Å². The molecule has 0 radical (unpaired) electrons. The fraction of sp³-hybridized carbons (Fsp3) is 0.250. The smallest absolute Gasteiger partial charge is 0.416 e. The standard InChI is InChI=1S/C28H21ClF5N3O4/c1-37-11-13(4-23(37)38)12-41-18-9-20-24(25(36-27(20)40)19-8-16(30)2-3-21(19)29)22(10-18)35-26(39)14-5-15(28(32,33)34)7-17(31)6-14/h2-3,5-10,13,25H,4,11-12H2,1H3,(H,35,39)(H,36,40). The van der Waals surface area contributed by atoms with Gasteiger partial charge in [0, 0.05) is 53.7 Å². The van der Waals surface area contributed by atoms with E-state index in [9.17, 15) is 36.3 Å². The molecule has 3 aromatic rings. The van der Waals surface area contributed by atoms with Crippen LogP contribution in [0.2, 0.25) is 5.02 Å². The van der Waals surface area contributed by atoms with Crippen LogP contribution in [-0.4, -0.2) is 42.8 Å². The monoisotopic (exact) mass is 593 g/mol. The Morgan fingerprint density at radius 2 is 1.85 bits per heavy atom. The summed E-state index contributed by atoms with van der Waals surface area (Å²) in [4.78, 5) is 39.6. The zero-order valence-corrected chi connectivity index (χ0v) is 22.0. The first kappa shape index (κ1) is 28.3. The molecule has 2 unspecified atom stereocenters. The van der Waals surface area contributed by atoms with E-state index >= 15 is 0 Å². The summed E-state index contributed by atoms with van der Waals surface area (Å²) < 4.78 is 73.8. The van der Waals surface area contributed by atoms with Gasteiger partial charge in [-0.2, -0.15) is 13.2 Å². The molecule has 0 aliphatic carbocycles. The molecule has 2 heterocycles. The zero-order chi connectivity index (χ0) is 29.6. The van der Waals surface area contributed by atoms with Crippen molar-refractivity contribution in [2.75, 3.05) is 25.5 Å². The number of likely N-dealkylation sites (tertiary alicyclic amines) is 1. The van der Waals surface area contributed by atoms with Crippen LogP contribution >= 0.6 is 11.6 Å². The molecule has 2 atom stereocenters. The van der Waals surface area contributed by atoms with Crippen molar-refractivity contribution in [2.45, 2.75) is 18.6 Å². The molecule has 3 aromatic carbocycles. The lowest BCUT2D eigenvalue weighted by Crippen LogP contribution is -2.21. The summed E-state index contributed by atoms with van der Waals surface area (Å²) in [6.45, 7) is 0.553.